The molecule has 1 N–H and O–H groups in total. The Morgan fingerprint density at radius 3 is 2.08 bits per heavy atom. The molecule has 0 saturated heterocycles. The van der Waals surface area contributed by atoms with Gasteiger partial charge in [0, 0.05) is 0 Å². The minimum Gasteiger partial charge on any atom is -0.496 e. The Bertz CT molecular complexity index is 250. The minimum atomic E-state index is 0.0488. The first kappa shape index (κ1) is 9.83. The van der Waals surface area contributed by atoms with Crippen molar-refractivity contribution in [1.82, 2.24) is 0 Å². The Balaban J connectivity index is 3.05. The van der Waals surface area contributed by atoms with Gasteiger partial charge in [0.25, 0.3) is 0 Å². The van der Waals surface area contributed by atoms with Crippen LogP contribution in [0.25, 0.3) is 0 Å². The van der Waals surface area contributed by atoms with E-state index in [0.717, 1.165) is 0 Å². The normalized spacial score (nSPS) is 9.77. The van der Waals surface area contributed by atoms with Gasteiger partial charge in [-0.3, -0.25) is 5.26 Å². The van der Waals surface area contributed by atoms with Crippen molar-refractivity contribution < 1.29 is 19.6 Å². The topological polar surface area (TPSA) is 47.9 Å². The van der Waals surface area contributed by atoms with Crippen LogP contribution in [0, 0.1) is 0 Å². The average Bonchev–Trinajstić information content (AvgIpc) is 2.18. The van der Waals surface area contributed by atoms with Crippen molar-refractivity contribution in [3.05, 3.63) is 23.8 Å². The lowest BCUT2D eigenvalue weighted by molar-refractivity contribution is -0.253. The molecule has 1 aromatic carbocycles. The van der Waals surface area contributed by atoms with Gasteiger partial charge in [0.15, 0.2) is 0 Å². The SMILES string of the molecule is COc1cccc(OC)c1COO. The predicted molar refractivity (Wildman–Crippen MR) is 47.0 cm³/mol. The van der Waals surface area contributed by atoms with E-state index >= 15 is 0 Å². The molecule has 1 rings (SSSR count). The van der Waals surface area contributed by atoms with E-state index < -0.39 is 0 Å². The highest BCUT2D eigenvalue weighted by molar-refractivity contribution is 5.44. The largest absolute Gasteiger partial charge is 0.496 e. The van der Waals surface area contributed by atoms with Crippen LogP contribution in [0.4, 0.5) is 0 Å². The van der Waals surface area contributed by atoms with Gasteiger partial charge in [0.2, 0.25) is 0 Å². The molecule has 4 nitrogen and oxygen atoms in total. The first-order chi connectivity index (χ1) is 6.33. The Hall–Kier alpha value is -1.26. The maximum atomic E-state index is 8.35. The van der Waals surface area contributed by atoms with E-state index in [1.807, 2.05) is 0 Å². The van der Waals surface area contributed by atoms with E-state index in [1.54, 1.807) is 32.4 Å². The number of rotatable bonds is 4. The van der Waals surface area contributed by atoms with Gasteiger partial charge in [0.05, 0.1) is 19.8 Å². The van der Waals surface area contributed by atoms with Crippen molar-refractivity contribution in [1.29, 1.82) is 0 Å². The summed E-state index contributed by atoms with van der Waals surface area (Å²) in [5.41, 5.74) is 0.690. The average molecular weight is 184 g/mol. The molecule has 0 atom stereocenters. The van der Waals surface area contributed by atoms with Crippen LogP contribution in [0.15, 0.2) is 18.2 Å². The highest BCUT2D eigenvalue weighted by atomic mass is 17.1. The maximum Gasteiger partial charge on any atom is 0.128 e. The molecule has 0 aliphatic heterocycles. The fraction of sp³-hybridized carbons (Fsp3) is 0.333. The first-order valence-electron chi connectivity index (χ1n) is 3.79. The van der Waals surface area contributed by atoms with Gasteiger partial charge in [-0.15, -0.1) is 0 Å². The molecule has 4 heteroatoms. The highest BCUT2D eigenvalue weighted by Crippen LogP contribution is 2.28. The lowest BCUT2D eigenvalue weighted by atomic mass is 10.2. The molecular weight excluding hydrogens is 172 g/mol. The van der Waals surface area contributed by atoms with E-state index in [2.05, 4.69) is 4.89 Å². The number of methoxy groups -OCH3 is 2. The van der Waals surface area contributed by atoms with Crippen LogP contribution in [0.3, 0.4) is 0 Å². The van der Waals surface area contributed by atoms with Crippen LogP contribution in [0.5, 0.6) is 11.5 Å². The summed E-state index contributed by atoms with van der Waals surface area (Å²) in [6.45, 7) is 0.0488. The highest BCUT2D eigenvalue weighted by Gasteiger charge is 2.08. The molecule has 0 spiro atoms. The van der Waals surface area contributed by atoms with E-state index in [9.17, 15) is 0 Å². The quantitative estimate of drug-likeness (QED) is 0.571. The van der Waals surface area contributed by atoms with Crippen molar-refractivity contribution in [2.24, 2.45) is 0 Å². The molecule has 1 aromatic rings. The second-order valence-electron chi connectivity index (χ2n) is 2.41. The Morgan fingerprint density at radius 2 is 1.69 bits per heavy atom. The number of hydrogen-bond donors (Lipinski definition) is 1. The van der Waals surface area contributed by atoms with Gasteiger partial charge in [-0.05, 0) is 12.1 Å². The fourth-order valence-corrected chi connectivity index (χ4v) is 1.13. The van der Waals surface area contributed by atoms with Gasteiger partial charge in [0.1, 0.15) is 18.1 Å². The lowest BCUT2D eigenvalue weighted by Gasteiger charge is -2.10. The van der Waals surface area contributed by atoms with E-state index in [0.29, 0.717) is 17.1 Å². The monoisotopic (exact) mass is 184 g/mol. The molecule has 0 fully saturated rings. The van der Waals surface area contributed by atoms with Crippen LogP contribution in [-0.4, -0.2) is 19.5 Å². The summed E-state index contributed by atoms with van der Waals surface area (Å²) in [4.78, 5) is 4.05. The Morgan fingerprint density at radius 1 is 1.15 bits per heavy atom. The number of hydrogen-bond acceptors (Lipinski definition) is 4. The molecular formula is C9H12O4. The third-order valence-electron chi connectivity index (χ3n) is 1.74. The molecule has 0 unspecified atom stereocenters. The zero-order chi connectivity index (χ0) is 9.68. The van der Waals surface area contributed by atoms with Gasteiger partial charge in [-0.1, -0.05) is 6.07 Å². The summed E-state index contributed by atoms with van der Waals surface area (Å²) in [6, 6.07) is 5.35. The fourth-order valence-electron chi connectivity index (χ4n) is 1.13. The van der Waals surface area contributed by atoms with Crippen molar-refractivity contribution >= 4 is 0 Å². The van der Waals surface area contributed by atoms with Crippen molar-refractivity contribution in [2.45, 2.75) is 6.61 Å². The second-order valence-corrected chi connectivity index (χ2v) is 2.41. The summed E-state index contributed by atoms with van der Waals surface area (Å²) in [5, 5.41) is 8.35. The van der Waals surface area contributed by atoms with Crippen LogP contribution in [0.1, 0.15) is 5.56 Å². The molecule has 0 bridgehead atoms. The lowest BCUT2D eigenvalue weighted by Crippen LogP contribution is -1.97. The van der Waals surface area contributed by atoms with Crippen molar-refractivity contribution in [2.75, 3.05) is 14.2 Å². The van der Waals surface area contributed by atoms with Crippen LogP contribution in [-0.2, 0) is 11.5 Å². The van der Waals surface area contributed by atoms with Crippen molar-refractivity contribution in [3.8, 4) is 11.5 Å². The summed E-state index contributed by atoms with van der Waals surface area (Å²) in [7, 11) is 3.10. The number of benzene rings is 1. The van der Waals surface area contributed by atoms with E-state index in [-0.39, 0.29) is 6.61 Å². The third-order valence-corrected chi connectivity index (χ3v) is 1.74. The Labute approximate surface area is 76.6 Å². The second kappa shape index (κ2) is 4.69. The van der Waals surface area contributed by atoms with Gasteiger partial charge in [-0.25, -0.2) is 4.89 Å². The van der Waals surface area contributed by atoms with Gasteiger partial charge in [-0.2, -0.15) is 0 Å². The standard InChI is InChI=1S/C9H12O4/c1-11-8-4-3-5-9(12-2)7(8)6-13-10/h3-5,10H,6H2,1-2H3. The predicted octanol–water partition coefficient (Wildman–Crippen LogP) is 1.69. The van der Waals surface area contributed by atoms with Crippen LogP contribution >= 0.6 is 0 Å². The molecule has 0 saturated carbocycles. The minimum absolute atomic E-state index is 0.0488. The molecule has 0 amide bonds. The van der Waals surface area contributed by atoms with Gasteiger partial charge >= 0.3 is 0 Å². The van der Waals surface area contributed by atoms with Gasteiger partial charge < -0.3 is 9.47 Å². The van der Waals surface area contributed by atoms with E-state index in [4.69, 9.17) is 14.7 Å². The third kappa shape index (κ3) is 2.11. The smallest absolute Gasteiger partial charge is 0.128 e. The molecule has 13 heavy (non-hydrogen) atoms. The van der Waals surface area contributed by atoms with Crippen LogP contribution in [0.2, 0.25) is 0 Å². The van der Waals surface area contributed by atoms with Crippen LogP contribution < -0.4 is 9.47 Å². The summed E-state index contributed by atoms with van der Waals surface area (Å²) < 4.78 is 10.1. The molecule has 72 valence electrons. The molecule has 0 aliphatic carbocycles. The molecule has 0 aliphatic rings. The zero-order valence-corrected chi connectivity index (χ0v) is 7.61. The summed E-state index contributed by atoms with van der Waals surface area (Å²) >= 11 is 0. The molecule has 0 heterocycles. The van der Waals surface area contributed by atoms with Crippen molar-refractivity contribution in [3.63, 3.8) is 0 Å². The summed E-state index contributed by atoms with van der Waals surface area (Å²) in [6.07, 6.45) is 0. The first-order valence-corrected chi connectivity index (χ1v) is 3.79. The number of ether oxygens (including phenoxy) is 2. The summed E-state index contributed by atoms with van der Waals surface area (Å²) in [5.74, 6) is 1.27. The Kier molecular flexibility index (Phi) is 3.54. The zero-order valence-electron chi connectivity index (χ0n) is 7.61. The molecule has 0 aromatic heterocycles. The van der Waals surface area contributed by atoms with E-state index in [1.165, 1.54) is 0 Å². The molecule has 0 radical (unpaired) electrons. The maximum absolute atomic E-state index is 8.35.